The Labute approximate surface area is 227 Å². The van der Waals surface area contributed by atoms with E-state index in [-0.39, 0.29) is 42.4 Å². The maximum Gasteiger partial charge on any atom is 0.342 e. The van der Waals surface area contributed by atoms with Gasteiger partial charge in [0.1, 0.15) is 29.8 Å². The van der Waals surface area contributed by atoms with Crippen LogP contribution in [-0.4, -0.2) is 84.3 Å². The lowest BCUT2D eigenvalue weighted by Gasteiger charge is -2.26. The summed E-state index contributed by atoms with van der Waals surface area (Å²) in [7, 11) is 1.27. The zero-order valence-corrected chi connectivity index (χ0v) is 22.3. The Morgan fingerprint density at radius 3 is 2.62 bits per heavy atom. The Kier molecular flexibility index (Phi) is 11.4. The predicted octanol–water partition coefficient (Wildman–Crippen LogP) is 3.04. The number of cyclic esters (lactones) is 1. The molecule has 0 unspecified atom stereocenters. The third-order valence-corrected chi connectivity index (χ3v) is 6.29. The summed E-state index contributed by atoms with van der Waals surface area (Å²) in [5, 5.41) is 24.7. The van der Waals surface area contributed by atoms with Gasteiger partial charge in [-0.3, -0.25) is 4.79 Å². The summed E-state index contributed by atoms with van der Waals surface area (Å²) in [5.74, 6) is -2.11. The number of methoxy groups -OCH3 is 1. The number of nitrogens with zero attached hydrogens (tertiary/aromatic N) is 2. The topological polar surface area (TPSA) is 144 Å². The van der Waals surface area contributed by atoms with Crippen LogP contribution in [0.4, 0.5) is 0 Å². The molecule has 11 nitrogen and oxygen atoms in total. The van der Waals surface area contributed by atoms with Gasteiger partial charge in [-0.2, -0.15) is 0 Å². The largest absolute Gasteiger partial charge is 0.508 e. The molecule has 2 aliphatic heterocycles. The Bertz CT molecular complexity index is 1110. The van der Waals surface area contributed by atoms with E-state index in [1.54, 1.807) is 36.1 Å². The lowest BCUT2D eigenvalue weighted by Crippen LogP contribution is -2.37. The first kappa shape index (κ1) is 29.7. The molecule has 0 aliphatic carbocycles. The van der Waals surface area contributed by atoms with Crippen LogP contribution in [0.5, 0.6) is 11.5 Å². The van der Waals surface area contributed by atoms with Gasteiger partial charge < -0.3 is 34.2 Å². The minimum Gasteiger partial charge on any atom is -0.508 e. The van der Waals surface area contributed by atoms with E-state index in [9.17, 15) is 24.6 Å². The zero-order chi connectivity index (χ0) is 28.2. The maximum atomic E-state index is 13.0. The summed E-state index contributed by atoms with van der Waals surface area (Å²) in [5.41, 5.74) is 0.497. The summed E-state index contributed by atoms with van der Waals surface area (Å²) >= 11 is 0. The molecule has 0 radical (unpaired) electrons. The molecule has 1 aromatic rings. The van der Waals surface area contributed by atoms with Crippen molar-refractivity contribution in [3.05, 3.63) is 47.6 Å². The summed E-state index contributed by atoms with van der Waals surface area (Å²) in [4.78, 5) is 44.2. The Morgan fingerprint density at radius 2 is 1.87 bits per heavy atom. The molecule has 212 valence electrons. The molecule has 0 spiro atoms. The van der Waals surface area contributed by atoms with E-state index in [0.717, 1.165) is 25.3 Å². The summed E-state index contributed by atoms with van der Waals surface area (Å²) in [6, 6.07) is 2.41. The van der Waals surface area contributed by atoms with E-state index in [4.69, 9.17) is 14.3 Å². The smallest absolute Gasteiger partial charge is 0.342 e. The average molecular weight is 545 g/mol. The van der Waals surface area contributed by atoms with Crippen molar-refractivity contribution in [3.8, 4) is 11.5 Å². The van der Waals surface area contributed by atoms with E-state index >= 15 is 0 Å². The summed E-state index contributed by atoms with van der Waals surface area (Å²) in [6.07, 6.45) is 9.65. The fourth-order valence-corrected chi connectivity index (χ4v) is 4.25. The van der Waals surface area contributed by atoms with Gasteiger partial charge in [0.25, 0.3) is 5.91 Å². The number of piperidine rings is 1. The molecular formula is C28H36N2O9. The number of carbonyl (C=O) groups is 3. The quantitative estimate of drug-likeness (QED) is 0.314. The van der Waals surface area contributed by atoms with Crippen molar-refractivity contribution in [1.82, 2.24) is 4.90 Å². The van der Waals surface area contributed by atoms with E-state index in [1.165, 1.54) is 13.2 Å². The standard InChI is InChI=1S/C28H36N2O9/c1-19-8-6-10-23(37-18-26(34)36-2)11-7-9-21(29-38-17-25(33)30-12-4-3-5-13-30)14-20-15-22(31)16-24(32)27(20)28(35)39-19/h6-7,9-10,15-16,19,23,31-32H,3-5,8,11-14,17-18H2,1-2H3/t19-,23-/m1/s1. The molecule has 0 bridgehead atoms. The van der Waals surface area contributed by atoms with E-state index in [2.05, 4.69) is 9.89 Å². The van der Waals surface area contributed by atoms with Crippen molar-refractivity contribution < 1.29 is 43.6 Å². The molecule has 2 atom stereocenters. The molecule has 11 heteroatoms. The minimum absolute atomic E-state index is 0.0152. The second kappa shape index (κ2) is 14.9. The van der Waals surface area contributed by atoms with Crippen LogP contribution in [-0.2, 0) is 35.1 Å². The molecule has 1 amide bonds. The number of ether oxygens (including phenoxy) is 3. The normalized spacial score (nSPS) is 21.5. The van der Waals surface area contributed by atoms with Gasteiger partial charge >= 0.3 is 11.9 Å². The molecular weight excluding hydrogens is 508 g/mol. The number of amides is 1. The highest BCUT2D eigenvalue weighted by atomic mass is 16.6. The van der Waals surface area contributed by atoms with Gasteiger partial charge in [0, 0.05) is 32.0 Å². The van der Waals surface area contributed by atoms with Crippen molar-refractivity contribution in [1.29, 1.82) is 0 Å². The third-order valence-electron chi connectivity index (χ3n) is 6.29. The van der Waals surface area contributed by atoms with Crippen molar-refractivity contribution in [2.24, 2.45) is 5.16 Å². The van der Waals surface area contributed by atoms with Crippen LogP contribution < -0.4 is 0 Å². The van der Waals surface area contributed by atoms with Crippen molar-refractivity contribution >= 4 is 23.6 Å². The van der Waals surface area contributed by atoms with Crippen LogP contribution in [0.1, 0.15) is 54.9 Å². The van der Waals surface area contributed by atoms with Gasteiger partial charge in [-0.05, 0) is 50.3 Å². The number of esters is 2. The van der Waals surface area contributed by atoms with Gasteiger partial charge in [0.15, 0.2) is 6.61 Å². The second-order valence-corrected chi connectivity index (χ2v) is 9.42. The number of rotatable bonds is 6. The maximum absolute atomic E-state index is 13.0. The summed E-state index contributed by atoms with van der Waals surface area (Å²) < 4.78 is 15.8. The van der Waals surface area contributed by atoms with E-state index in [1.807, 2.05) is 0 Å². The Morgan fingerprint density at radius 1 is 1.10 bits per heavy atom. The average Bonchev–Trinajstić information content (AvgIpc) is 2.90. The number of hydrogen-bond acceptors (Lipinski definition) is 10. The molecule has 1 aromatic carbocycles. The number of phenols is 2. The lowest BCUT2D eigenvalue weighted by atomic mass is 9.99. The van der Waals surface area contributed by atoms with Crippen LogP contribution in [0, 0.1) is 0 Å². The second-order valence-electron chi connectivity index (χ2n) is 9.42. The Hall–Kier alpha value is -3.86. The number of phenolic OH excluding ortho intramolecular Hbond substituents is 2. The van der Waals surface area contributed by atoms with Gasteiger partial charge in [-0.25, -0.2) is 9.59 Å². The van der Waals surface area contributed by atoms with Gasteiger partial charge in [-0.1, -0.05) is 23.4 Å². The SMILES string of the molecule is COC(=O)CO[C@@H]1C=CC[C@@H](C)OC(=O)c2c(O)cc(O)cc2CC(=NOCC(=O)N2CCCCC2)C=CC1. The van der Waals surface area contributed by atoms with Crippen LogP contribution in [0.3, 0.4) is 0 Å². The monoisotopic (exact) mass is 544 g/mol. The minimum atomic E-state index is -0.761. The molecule has 3 rings (SSSR count). The highest BCUT2D eigenvalue weighted by Gasteiger charge is 2.23. The van der Waals surface area contributed by atoms with Crippen molar-refractivity contribution in [2.75, 3.05) is 33.4 Å². The third kappa shape index (κ3) is 9.43. The molecule has 2 heterocycles. The zero-order valence-electron chi connectivity index (χ0n) is 22.3. The first-order valence-corrected chi connectivity index (χ1v) is 13.0. The number of oxime groups is 1. The fourth-order valence-electron chi connectivity index (χ4n) is 4.25. The van der Waals surface area contributed by atoms with Gasteiger partial charge in [-0.15, -0.1) is 0 Å². The number of benzene rings is 1. The molecule has 0 saturated carbocycles. The molecule has 2 N–H and O–H groups in total. The number of allylic oxidation sites excluding steroid dienone is 1. The van der Waals surface area contributed by atoms with Gasteiger partial charge in [0.05, 0.1) is 18.9 Å². The number of hydrogen-bond donors (Lipinski definition) is 2. The highest BCUT2D eigenvalue weighted by molar-refractivity contribution is 6.00. The lowest BCUT2D eigenvalue weighted by molar-refractivity contribution is -0.147. The number of aromatic hydroxyl groups is 2. The van der Waals surface area contributed by atoms with Gasteiger partial charge in [0.2, 0.25) is 0 Å². The van der Waals surface area contributed by atoms with Crippen LogP contribution in [0.25, 0.3) is 0 Å². The van der Waals surface area contributed by atoms with E-state index < -0.39 is 29.9 Å². The molecule has 39 heavy (non-hydrogen) atoms. The van der Waals surface area contributed by atoms with Crippen molar-refractivity contribution in [3.63, 3.8) is 0 Å². The van der Waals surface area contributed by atoms with Crippen LogP contribution in [0.15, 0.2) is 41.6 Å². The molecule has 2 aliphatic rings. The van der Waals surface area contributed by atoms with E-state index in [0.29, 0.717) is 31.6 Å². The summed E-state index contributed by atoms with van der Waals surface area (Å²) in [6.45, 7) is 2.59. The number of fused-ring (bicyclic) bond motifs is 1. The molecule has 1 fully saturated rings. The number of likely N-dealkylation sites (tertiary alicyclic amines) is 1. The van der Waals surface area contributed by atoms with Crippen LogP contribution >= 0.6 is 0 Å². The van der Waals surface area contributed by atoms with Crippen LogP contribution in [0.2, 0.25) is 0 Å². The molecule has 1 saturated heterocycles. The first-order chi connectivity index (χ1) is 18.8. The highest BCUT2D eigenvalue weighted by Crippen LogP contribution is 2.29. The Balaban J connectivity index is 1.87. The van der Waals surface area contributed by atoms with Crippen molar-refractivity contribution in [2.45, 2.75) is 57.7 Å². The molecule has 0 aromatic heterocycles. The fraction of sp³-hybridized carbons (Fsp3) is 0.500. The predicted molar refractivity (Wildman–Crippen MR) is 141 cm³/mol. The first-order valence-electron chi connectivity index (χ1n) is 13.0. The number of carbonyl (C=O) groups excluding carboxylic acids is 3.